The van der Waals surface area contributed by atoms with Gasteiger partial charge in [0.2, 0.25) is 0 Å². The van der Waals surface area contributed by atoms with Gasteiger partial charge in [0.05, 0.1) is 23.7 Å². The number of carbonyl (C=O) groups excluding carboxylic acids is 1. The van der Waals surface area contributed by atoms with Crippen molar-refractivity contribution in [3.8, 4) is 11.5 Å². The van der Waals surface area contributed by atoms with Crippen LogP contribution in [0, 0.1) is 0 Å². The molecule has 0 unspecified atom stereocenters. The highest BCUT2D eigenvalue weighted by molar-refractivity contribution is 9.10. The van der Waals surface area contributed by atoms with E-state index in [1.165, 1.54) is 0 Å². The number of amides is 1. The van der Waals surface area contributed by atoms with Crippen LogP contribution in [0.4, 0.5) is 0 Å². The molecule has 0 saturated heterocycles. The zero-order valence-electron chi connectivity index (χ0n) is 14.4. The number of aliphatic hydroxyl groups is 1. The smallest absolute Gasteiger partial charge is 0.261 e. The summed E-state index contributed by atoms with van der Waals surface area (Å²) < 4.78 is 11.5. The van der Waals surface area contributed by atoms with Gasteiger partial charge in [-0.1, -0.05) is 24.3 Å². The van der Waals surface area contributed by atoms with E-state index in [2.05, 4.69) is 21.2 Å². The van der Waals surface area contributed by atoms with Gasteiger partial charge in [0, 0.05) is 0 Å². The highest BCUT2D eigenvalue weighted by atomic mass is 79.9. The summed E-state index contributed by atoms with van der Waals surface area (Å²) in [6.45, 7) is 3.42. The second kappa shape index (κ2) is 8.87. The molecule has 2 rings (SSSR count). The van der Waals surface area contributed by atoms with Crippen molar-refractivity contribution in [2.45, 2.75) is 32.1 Å². The fourth-order valence-corrected chi connectivity index (χ4v) is 2.67. The third-order valence-electron chi connectivity index (χ3n) is 3.81. The third-order valence-corrected chi connectivity index (χ3v) is 4.47. The number of rotatable bonds is 7. The van der Waals surface area contributed by atoms with Gasteiger partial charge in [-0.05, 0) is 59.6 Å². The Morgan fingerprint density at radius 2 is 1.76 bits per heavy atom. The summed E-state index contributed by atoms with van der Waals surface area (Å²) >= 11 is 3.38. The Morgan fingerprint density at radius 3 is 2.36 bits per heavy atom. The summed E-state index contributed by atoms with van der Waals surface area (Å²) in [5, 5.41) is 13.2. The van der Waals surface area contributed by atoms with Gasteiger partial charge in [0.25, 0.3) is 5.91 Å². The van der Waals surface area contributed by atoms with Gasteiger partial charge >= 0.3 is 0 Å². The lowest BCUT2D eigenvalue weighted by molar-refractivity contribution is -0.128. The number of ether oxygens (including phenoxy) is 2. The van der Waals surface area contributed by atoms with Crippen LogP contribution in [0.5, 0.6) is 11.5 Å². The maximum atomic E-state index is 12.3. The van der Waals surface area contributed by atoms with E-state index in [1.54, 1.807) is 51.3 Å². The van der Waals surface area contributed by atoms with Crippen LogP contribution in [-0.4, -0.2) is 30.3 Å². The fraction of sp³-hybridized carbons (Fsp3) is 0.316. The number of para-hydroxylation sites is 1. The predicted octanol–water partition coefficient (Wildman–Crippen LogP) is 3.46. The Bertz CT molecular complexity index is 705. The number of hydrogen-bond acceptors (Lipinski definition) is 4. The van der Waals surface area contributed by atoms with Gasteiger partial charge in [-0.25, -0.2) is 0 Å². The molecule has 3 atom stereocenters. The average Bonchev–Trinajstić information content (AvgIpc) is 2.62. The lowest BCUT2D eigenvalue weighted by Crippen LogP contribution is -2.43. The number of halogens is 1. The number of aliphatic hydroxyl groups excluding tert-OH is 1. The van der Waals surface area contributed by atoms with Crippen LogP contribution < -0.4 is 14.8 Å². The molecule has 0 heterocycles. The lowest BCUT2D eigenvalue weighted by atomic mass is 10.0. The van der Waals surface area contributed by atoms with Gasteiger partial charge in [-0.3, -0.25) is 4.79 Å². The first-order valence-electron chi connectivity index (χ1n) is 7.96. The number of benzene rings is 2. The van der Waals surface area contributed by atoms with Crippen LogP contribution >= 0.6 is 15.9 Å². The first-order chi connectivity index (χ1) is 11.9. The van der Waals surface area contributed by atoms with Crippen LogP contribution in [0.15, 0.2) is 53.0 Å². The van der Waals surface area contributed by atoms with Crippen molar-refractivity contribution < 1.29 is 19.4 Å². The van der Waals surface area contributed by atoms with Crippen molar-refractivity contribution in [2.75, 3.05) is 7.11 Å². The monoisotopic (exact) mass is 407 g/mol. The molecule has 1 amide bonds. The molecule has 0 aliphatic heterocycles. The predicted molar refractivity (Wildman–Crippen MR) is 99.8 cm³/mol. The number of methoxy groups -OCH3 is 1. The summed E-state index contributed by atoms with van der Waals surface area (Å²) in [5.74, 6) is 1.01. The standard InChI is InChI=1S/C19H22BrNO4/c1-12(18(22)14-8-10-15(24-3)11-9-14)21-19(23)13(2)25-17-7-5-4-6-16(17)20/h4-13,18,22H,1-3H3,(H,21,23)/t12-,13-,18-/m1/s1. The second-order valence-corrected chi connectivity index (χ2v) is 6.56. The van der Waals surface area contributed by atoms with E-state index in [0.717, 1.165) is 4.47 Å². The van der Waals surface area contributed by atoms with Crippen molar-refractivity contribution in [1.82, 2.24) is 5.32 Å². The number of nitrogens with one attached hydrogen (secondary N) is 1. The highest BCUT2D eigenvalue weighted by Gasteiger charge is 2.22. The molecule has 0 radical (unpaired) electrons. The molecule has 0 fully saturated rings. The van der Waals surface area contributed by atoms with Crippen molar-refractivity contribution >= 4 is 21.8 Å². The molecule has 0 aromatic heterocycles. The summed E-state index contributed by atoms with van der Waals surface area (Å²) in [7, 11) is 1.58. The summed E-state index contributed by atoms with van der Waals surface area (Å²) in [4.78, 5) is 12.3. The maximum Gasteiger partial charge on any atom is 0.261 e. The van der Waals surface area contributed by atoms with E-state index in [9.17, 15) is 9.90 Å². The van der Waals surface area contributed by atoms with Crippen LogP contribution in [0.25, 0.3) is 0 Å². The van der Waals surface area contributed by atoms with E-state index in [1.807, 2.05) is 18.2 Å². The van der Waals surface area contributed by atoms with Crippen LogP contribution in [0.2, 0.25) is 0 Å². The SMILES string of the molecule is COc1ccc([C@H](O)[C@@H](C)NC(=O)[C@@H](C)Oc2ccccc2Br)cc1. The van der Waals surface area contributed by atoms with Gasteiger partial charge in [0.15, 0.2) is 6.10 Å². The minimum Gasteiger partial charge on any atom is -0.497 e. The molecule has 0 spiro atoms. The molecule has 5 nitrogen and oxygen atoms in total. The Balaban J connectivity index is 1.94. The van der Waals surface area contributed by atoms with Crippen molar-refractivity contribution in [3.63, 3.8) is 0 Å². The molecule has 2 aromatic carbocycles. The van der Waals surface area contributed by atoms with Crippen LogP contribution in [0.1, 0.15) is 25.5 Å². The third kappa shape index (κ3) is 5.21. The summed E-state index contributed by atoms with van der Waals surface area (Å²) in [6.07, 6.45) is -1.52. The first kappa shape index (κ1) is 19.3. The van der Waals surface area contributed by atoms with Crippen LogP contribution in [0.3, 0.4) is 0 Å². The van der Waals surface area contributed by atoms with E-state index >= 15 is 0 Å². The average molecular weight is 408 g/mol. The normalized spacial score (nSPS) is 14.3. The molecule has 0 aliphatic rings. The zero-order valence-corrected chi connectivity index (χ0v) is 16.0. The highest BCUT2D eigenvalue weighted by Crippen LogP contribution is 2.25. The fourth-order valence-electron chi connectivity index (χ4n) is 2.29. The molecule has 6 heteroatoms. The molecular weight excluding hydrogens is 386 g/mol. The Labute approximate surface area is 156 Å². The van der Waals surface area contributed by atoms with E-state index in [4.69, 9.17) is 9.47 Å². The molecule has 2 N–H and O–H groups in total. The topological polar surface area (TPSA) is 67.8 Å². The van der Waals surface area contributed by atoms with Gasteiger partial charge in [0.1, 0.15) is 11.5 Å². The van der Waals surface area contributed by atoms with E-state index in [-0.39, 0.29) is 5.91 Å². The second-order valence-electron chi connectivity index (χ2n) is 5.71. The lowest BCUT2D eigenvalue weighted by Gasteiger charge is -2.23. The van der Waals surface area contributed by atoms with Gasteiger partial charge in [-0.2, -0.15) is 0 Å². The Kier molecular flexibility index (Phi) is 6.84. The molecule has 0 bridgehead atoms. The molecule has 134 valence electrons. The largest absolute Gasteiger partial charge is 0.497 e. The minimum absolute atomic E-state index is 0.296. The summed E-state index contributed by atoms with van der Waals surface area (Å²) in [5.41, 5.74) is 0.702. The van der Waals surface area contributed by atoms with E-state index < -0.39 is 18.2 Å². The summed E-state index contributed by atoms with van der Waals surface area (Å²) in [6, 6.07) is 13.9. The Morgan fingerprint density at radius 1 is 1.12 bits per heavy atom. The molecular formula is C19H22BrNO4. The van der Waals surface area contributed by atoms with E-state index in [0.29, 0.717) is 17.1 Å². The zero-order chi connectivity index (χ0) is 18.4. The van der Waals surface area contributed by atoms with Crippen LogP contribution in [-0.2, 0) is 4.79 Å². The quantitative estimate of drug-likeness (QED) is 0.737. The van der Waals surface area contributed by atoms with Gasteiger partial charge < -0.3 is 19.9 Å². The van der Waals surface area contributed by atoms with Gasteiger partial charge in [-0.15, -0.1) is 0 Å². The van der Waals surface area contributed by atoms with Crippen molar-refractivity contribution in [1.29, 1.82) is 0 Å². The molecule has 0 saturated carbocycles. The number of hydrogen-bond donors (Lipinski definition) is 2. The van der Waals surface area contributed by atoms with Crippen molar-refractivity contribution in [3.05, 3.63) is 58.6 Å². The molecule has 2 aromatic rings. The molecule has 0 aliphatic carbocycles. The minimum atomic E-state index is -0.828. The van der Waals surface area contributed by atoms with Crippen molar-refractivity contribution in [2.24, 2.45) is 0 Å². The number of carbonyl (C=O) groups is 1. The first-order valence-corrected chi connectivity index (χ1v) is 8.75. The maximum absolute atomic E-state index is 12.3. The Hall–Kier alpha value is -2.05. The molecule has 25 heavy (non-hydrogen) atoms.